The lowest BCUT2D eigenvalue weighted by molar-refractivity contribution is 0.0710. The van der Waals surface area contributed by atoms with Gasteiger partial charge in [-0.2, -0.15) is 4.98 Å². The molecule has 0 aliphatic carbocycles. The number of rotatable bonds is 3. The zero-order chi connectivity index (χ0) is 19.7. The van der Waals surface area contributed by atoms with Gasteiger partial charge in [-0.25, -0.2) is 0 Å². The van der Waals surface area contributed by atoms with Crippen LogP contribution in [0.3, 0.4) is 0 Å². The number of likely N-dealkylation sites (tertiary alicyclic amines) is 1. The zero-order valence-corrected chi connectivity index (χ0v) is 16.6. The molecule has 0 saturated carbocycles. The Hall–Kier alpha value is -2.95. The standard InChI is InChI=1S/C23H25N3O2/c1-15-4-6-19(7-5-15)22-24-21(25-28-22)18-8-10-26(11-9-18)23(27)20-13-16(2)12-17(3)14-20/h4-7,12-14,18H,8-11H2,1-3H3. The summed E-state index contributed by atoms with van der Waals surface area (Å²) in [4.78, 5) is 19.4. The molecular formula is C23H25N3O2. The summed E-state index contributed by atoms with van der Waals surface area (Å²) in [5, 5.41) is 4.20. The first-order valence-corrected chi connectivity index (χ1v) is 9.78. The Morgan fingerprint density at radius 2 is 1.61 bits per heavy atom. The minimum atomic E-state index is 0.110. The quantitative estimate of drug-likeness (QED) is 0.667. The molecule has 28 heavy (non-hydrogen) atoms. The Kier molecular flexibility index (Phi) is 4.99. The van der Waals surface area contributed by atoms with Gasteiger partial charge in [0, 0.05) is 30.1 Å². The third kappa shape index (κ3) is 3.84. The minimum Gasteiger partial charge on any atom is -0.339 e. The molecule has 144 valence electrons. The lowest BCUT2D eigenvalue weighted by atomic mass is 9.95. The summed E-state index contributed by atoms with van der Waals surface area (Å²) in [7, 11) is 0. The van der Waals surface area contributed by atoms with Crippen LogP contribution in [-0.2, 0) is 0 Å². The summed E-state index contributed by atoms with van der Waals surface area (Å²) < 4.78 is 5.47. The summed E-state index contributed by atoms with van der Waals surface area (Å²) in [5.41, 5.74) is 5.15. The van der Waals surface area contributed by atoms with Crippen molar-refractivity contribution in [1.29, 1.82) is 0 Å². The van der Waals surface area contributed by atoms with E-state index in [1.54, 1.807) is 0 Å². The van der Waals surface area contributed by atoms with Gasteiger partial charge in [-0.15, -0.1) is 0 Å². The number of aryl methyl sites for hydroxylation is 3. The molecule has 1 aromatic heterocycles. The van der Waals surface area contributed by atoms with Crippen molar-refractivity contribution in [3.05, 3.63) is 70.5 Å². The first kappa shape index (κ1) is 18.4. The fraction of sp³-hybridized carbons (Fsp3) is 0.348. The predicted octanol–water partition coefficient (Wildman–Crippen LogP) is 4.68. The maximum absolute atomic E-state index is 12.8. The highest BCUT2D eigenvalue weighted by molar-refractivity contribution is 5.94. The number of carbonyl (C=O) groups is 1. The Morgan fingerprint density at radius 1 is 0.964 bits per heavy atom. The van der Waals surface area contributed by atoms with Crippen LogP contribution in [0.2, 0.25) is 0 Å². The van der Waals surface area contributed by atoms with Crippen molar-refractivity contribution >= 4 is 5.91 Å². The number of piperidine rings is 1. The molecule has 3 aromatic rings. The maximum Gasteiger partial charge on any atom is 0.257 e. The van der Waals surface area contributed by atoms with E-state index in [4.69, 9.17) is 4.52 Å². The molecule has 5 heteroatoms. The van der Waals surface area contributed by atoms with Gasteiger partial charge in [-0.3, -0.25) is 4.79 Å². The van der Waals surface area contributed by atoms with Crippen molar-refractivity contribution in [1.82, 2.24) is 15.0 Å². The van der Waals surface area contributed by atoms with Gasteiger partial charge in [0.25, 0.3) is 11.8 Å². The monoisotopic (exact) mass is 375 g/mol. The Morgan fingerprint density at radius 3 is 2.25 bits per heavy atom. The zero-order valence-electron chi connectivity index (χ0n) is 16.6. The van der Waals surface area contributed by atoms with Gasteiger partial charge >= 0.3 is 0 Å². The number of aromatic nitrogens is 2. The molecule has 2 heterocycles. The number of benzene rings is 2. The molecule has 0 radical (unpaired) electrons. The van der Waals surface area contributed by atoms with Crippen molar-refractivity contribution < 1.29 is 9.32 Å². The van der Waals surface area contributed by atoms with Gasteiger partial charge in [0.2, 0.25) is 0 Å². The summed E-state index contributed by atoms with van der Waals surface area (Å²) in [6.07, 6.45) is 1.70. The van der Waals surface area contributed by atoms with Gasteiger partial charge < -0.3 is 9.42 Å². The number of amides is 1. The molecule has 0 N–H and O–H groups in total. The fourth-order valence-electron chi connectivity index (χ4n) is 3.84. The van der Waals surface area contributed by atoms with E-state index in [9.17, 15) is 4.79 Å². The van der Waals surface area contributed by atoms with Crippen molar-refractivity contribution in [2.75, 3.05) is 13.1 Å². The van der Waals surface area contributed by atoms with Crippen LogP contribution in [0.25, 0.3) is 11.5 Å². The van der Waals surface area contributed by atoms with Crippen LogP contribution in [-0.4, -0.2) is 34.0 Å². The largest absolute Gasteiger partial charge is 0.339 e. The molecule has 4 rings (SSSR count). The van der Waals surface area contributed by atoms with Crippen LogP contribution in [0.1, 0.15) is 51.6 Å². The molecule has 0 unspecified atom stereocenters. The van der Waals surface area contributed by atoms with Gasteiger partial charge in [-0.1, -0.05) is 40.0 Å². The van der Waals surface area contributed by atoms with Gasteiger partial charge in [0.15, 0.2) is 5.82 Å². The second-order valence-electron chi connectivity index (χ2n) is 7.77. The smallest absolute Gasteiger partial charge is 0.257 e. The van der Waals surface area contributed by atoms with E-state index in [0.717, 1.165) is 40.9 Å². The average Bonchev–Trinajstić information content (AvgIpc) is 3.17. The molecule has 1 saturated heterocycles. The van der Waals surface area contributed by atoms with Crippen LogP contribution < -0.4 is 0 Å². The topological polar surface area (TPSA) is 59.2 Å². The third-order valence-corrected chi connectivity index (χ3v) is 5.36. The van der Waals surface area contributed by atoms with Crippen LogP contribution in [0.4, 0.5) is 0 Å². The Bertz CT molecular complexity index is 963. The van der Waals surface area contributed by atoms with E-state index in [-0.39, 0.29) is 11.8 Å². The van der Waals surface area contributed by atoms with Gasteiger partial charge in [0.05, 0.1) is 0 Å². The van der Waals surface area contributed by atoms with Crippen molar-refractivity contribution in [3.8, 4) is 11.5 Å². The average molecular weight is 375 g/mol. The fourth-order valence-corrected chi connectivity index (χ4v) is 3.84. The predicted molar refractivity (Wildman–Crippen MR) is 108 cm³/mol. The van der Waals surface area contributed by atoms with E-state index < -0.39 is 0 Å². The molecule has 2 aromatic carbocycles. The molecule has 0 bridgehead atoms. The van der Waals surface area contributed by atoms with Crippen molar-refractivity contribution in [2.24, 2.45) is 0 Å². The molecule has 1 aliphatic rings. The van der Waals surface area contributed by atoms with Crippen LogP contribution in [0.15, 0.2) is 47.0 Å². The lowest BCUT2D eigenvalue weighted by Crippen LogP contribution is -2.38. The van der Waals surface area contributed by atoms with Crippen LogP contribution in [0.5, 0.6) is 0 Å². The summed E-state index contributed by atoms with van der Waals surface area (Å²) in [5.74, 6) is 1.64. The molecule has 1 amide bonds. The first-order valence-electron chi connectivity index (χ1n) is 9.78. The van der Waals surface area contributed by atoms with Crippen molar-refractivity contribution in [3.63, 3.8) is 0 Å². The maximum atomic E-state index is 12.8. The molecule has 0 atom stereocenters. The van der Waals surface area contributed by atoms with E-state index in [1.165, 1.54) is 5.56 Å². The van der Waals surface area contributed by atoms with E-state index in [2.05, 4.69) is 23.1 Å². The molecule has 1 fully saturated rings. The van der Waals surface area contributed by atoms with E-state index >= 15 is 0 Å². The second-order valence-corrected chi connectivity index (χ2v) is 7.77. The Labute approximate surface area is 165 Å². The van der Waals surface area contributed by atoms with Crippen molar-refractivity contribution in [2.45, 2.75) is 39.5 Å². The Balaban J connectivity index is 1.41. The van der Waals surface area contributed by atoms with Gasteiger partial charge in [-0.05, 0) is 57.9 Å². The SMILES string of the molecule is Cc1ccc(-c2nc(C3CCN(C(=O)c4cc(C)cc(C)c4)CC3)no2)cc1. The highest BCUT2D eigenvalue weighted by Gasteiger charge is 2.27. The van der Waals surface area contributed by atoms with Crippen LogP contribution in [0, 0.1) is 20.8 Å². The molecule has 0 spiro atoms. The highest BCUT2D eigenvalue weighted by Crippen LogP contribution is 2.29. The summed E-state index contributed by atoms with van der Waals surface area (Å²) in [6.45, 7) is 7.53. The summed E-state index contributed by atoms with van der Waals surface area (Å²) >= 11 is 0. The van der Waals surface area contributed by atoms with Crippen LogP contribution >= 0.6 is 0 Å². The van der Waals surface area contributed by atoms with E-state index in [1.807, 2.05) is 55.1 Å². The minimum absolute atomic E-state index is 0.110. The third-order valence-electron chi connectivity index (χ3n) is 5.36. The second kappa shape index (κ2) is 7.58. The number of carbonyl (C=O) groups excluding carboxylic acids is 1. The molecule has 1 aliphatic heterocycles. The highest BCUT2D eigenvalue weighted by atomic mass is 16.5. The van der Waals surface area contributed by atoms with E-state index in [0.29, 0.717) is 19.0 Å². The normalized spacial score (nSPS) is 15.0. The number of nitrogens with zero attached hydrogens (tertiary/aromatic N) is 3. The molecule has 5 nitrogen and oxygen atoms in total. The molecular weight excluding hydrogens is 350 g/mol. The van der Waals surface area contributed by atoms with Gasteiger partial charge in [0.1, 0.15) is 0 Å². The first-order chi connectivity index (χ1) is 13.5. The number of hydrogen-bond donors (Lipinski definition) is 0. The number of hydrogen-bond acceptors (Lipinski definition) is 4. The summed E-state index contributed by atoms with van der Waals surface area (Å²) in [6, 6.07) is 14.1. The lowest BCUT2D eigenvalue weighted by Gasteiger charge is -2.30.